The lowest BCUT2D eigenvalue weighted by atomic mass is 9.98. The van der Waals surface area contributed by atoms with Crippen LogP contribution in [0.2, 0.25) is 0 Å². The van der Waals surface area contributed by atoms with Gasteiger partial charge in [0.25, 0.3) is 0 Å². The van der Waals surface area contributed by atoms with E-state index < -0.39 is 0 Å². The number of ether oxygens (including phenoxy) is 1. The lowest BCUT2D eigenvalue weighted by Gasteiger charge is -2.45. The lowest BCUT2D eigenvalue weighted by Crippen LogP contribution is -2.53. The number of nitrogens with zero attached hydrogens (tertiary/aromatic N) is 3. The predicted octanol–water partition coefficient (Wildman–Crippen LogP) is 1.88. The fourth-order valence-electron chi connectivity index (χ4n) is 2.65. The maximum atomic E-state index is 6.05. The van der Waals surface area contributed by atoms with Gasteiger partial charge in [-0.15, -0.1) is 0 Å². The van der Waals surface area contributed by atoms with Crippen molar-refractivity contribution in [2.45, 2.75) is 38.6 Å². The van der Waals surface area contributed by atoms with Crippen molar-refractivity contribution in [3.63, 3.8) is 0 Å². The molecule has 1 saturated heterocycles. The van der Waals surface area contributed by atoms with Gasteiger partial charge in [-0.3, -0.25) is 4.90 Å². The summed E-state index contributed by atoms with van der Waals surface area (Å²) in [5.41, 5.74) is 6.64. The van der Waals surface area contributed by atoms with Crippen LogP contribution in [-0.4, -0.2) is 33.7 Å². The molecule has 1 aromatic carbocycles. The van der Waals surface area contributed by atoms with E-state index in [2.05, 4.69) is 41.0 Å². The summed E-state index contributed by atoms with van der Waals surface area (Å²) >= 11 is 0. The summed E-state index contributed by atoms with van der Waals surface area (Å²) in [6, 6.07) is 10.3. The predicted molar refractivity (Wildman–Crippen MR) is 81.8 cm³/mol. The average molecular weight is 302 g/mol. The number of aromatic nitrogens is 2. The molecule has 1 fully saturated rings. The second-order valence-corrected chi connectivity index (χ2v) is 6.21. The van der Waals surface area contributed by atoms with Crippen LogP contribution in [0.1, 0.15) is 37.2 Å². The van der Waals surface area contributed by atoms with Crippen LogP contribution in [0.25, 0.3) is 0 Å². The fourth-order valence-corrected chi connectivity index (χ4v) is 2.65. The maximum Gasteiger partial charge on any atom is 0.240 e. The number of benzene rings is 1. The van der Waals surface area contributed by atoms with Gasteiger partial charge in [-0.05, 0) is 19.4 Å². The van der Waals surface area contributed by atoms with Crippen LogP contribution >= 0.6 is 0 Å². The van der Waals surface area contributed by atoms with E-state index in [1.807, 2.05) is 18.2 Å². The molecule has 1 aromatic heterocycles. The van der Waals surface area contributed by atoms with E-state index >= 15 is 0 Å². The van der Waals surface area contributed by atoms with Crippen LogP contribution in [0.4, 0.5) is 0 Å². The zero-order chi connectivity index (χ0) is 15.6. The first-order valence-corrected chi connectivity index (χ1v) is 7.51. The van der Waals surface area contributed by atoms with Gasteiger partial charge >= 0.3 is 0 Å². The SMILES string of the molecule is CC1(C)COC(c2ccccc2)CN1Cc1noc(CN)n1. The molecule has 118 valence electrons. The Kier molecular flexibility index (Phi) is 4.24. The van der Waals surface area contributed by atoms with Crippen LogP contribution in [-0.2, 0) is 17.8 Å². The summed E-state index contributed by atoms with van der Waals surface area (Å²) in [7, 11) is 0. The van der Waals surface area contributed by atoms with E-state index in [4.69, 9.17) is 15.0 Å². The zero-order valence-electron chi connectivity index (χ0n) is 13.0. The molecule has 2 N–H and O–H groups in total. The van der Waals surface area contributed by atoms with Gasteiger partial charge in [-0.25, -0.2) is 0 Å². The topological polar surface area (TPSA) is 77.4 Å². The monoisotopic (exact) mass is 302 g/mol. The van der Waals surface area contributed by atoms with E-state index in [-0.39, 0.29) is 18.2 Å². The second kappa shape index (κ2) is 6.16. The van der Waals surface area contributed by atoms with E-state index in [1.54, 1.807) is 0 Å². The molecular weight excluding hydrogens is 280 g/mol. The van der Waals surface area contributed by atoms with Crippen molar-refractivity contribution in [2.24, 2.45) is 5.73 Å². The number of hydrogen-bond acceptors (Lipinski definition) is 6. The number of hydrogen-bond donors (Lipinski definition) is 1. The van der Waals surface area contributed by atoms with Crippen LogP contribution in [0, 0.1) is 0 Å². The summed E-state index contributed by atoms with van der Waals surface area (Å²) < 4.78 is 11.1. The minimum Gasteiger partial charge on any atom is -0.370 e. The molecule has 2 heterocycles. The Labute approximate surface area is 130 Å². The van der Waals surface area contributed by atoms with E-state index in [9.17, 15) is 0 Å². The van der Waals surface area contributed by atoms with Crippen molar-refractivity contribution in [1.82, 2.24) is 15.0 Å². The van der Waals surface area contributed by atoms with Crippen molar-refractivity contribution < 1.29 is 9.26 Å². The van der Waals surface area contributed by atoms with Gasteiger partial charge in [-0.1, -0.05) is 35.5 Å². The highest BCUT2D eigenvalue weighted by molar-refractivity contribution is 5.19. The Morgan fingerprint density at radius 1 is 1.32 bits per heavy atom. The highest BCUT2D eigenvalue weighted by Crippen LogP contribution is 2.31. The minimum atomic E-state index is -0.0746. The van der Waals surface area contributed by atoms with Crippen molar-refractivity contribution in [1.29, 1.82) is 0 Å². The summed E-state index contributed by atoms with van der Waals surface area (Å²) in [5, 5.41) is 4.00. The van der Waals surface area contributed by atoms with Crippen LogP contribution in [0.3, 0.4) is 0 Å². The van der Waals surface area contributed by atoms with Crippen LogP contribution < -0.4 is 5.73 Å². The van der Waals surface area contributed by atoms with E-state index in [0.29, 0.717) is 24.9 Å². The van der Waals surface area contributed by atoms with E-state index in [1.165, 1.54) is 5.56 Å². The standard InChI is InChI=1S/C16H22N4O2/c1-16(2)11-21-13(12-6-4-3-5-7-12)9-20(16)10-14-18-15(8-17)22-19-14/h3-7,13H,8-11,17H2,1-2H3. The molecule has 1 atom stereocenters. The van der Waals surface area contributed by atoms with Crippen molar-refractivity contribution >= 4 is 0 Å². The van der Waals surface area contributed by atoms with Gasteiger partial charge in [0.15, 0.2) is 5.82 Å². The first-order valence-electron chi connectivity index (χ1n) is 7.51. The average Bonchev–Trinajstić information content (AvgIpc) is 2.98. The third kappa shape index (κ3) is 3.19. The molecule has 1 aliphatic rings. The number of morpholine rings is 1. The molecule has 6 heteroatoms. The van der Waals surface area contributed by atoms with Crippen LogP contribution in [0.15, 0.2) is 34.9 Å². The van der Waals surface area contributed by atoms with Gasteiger partial charge in [0, 0.05) is 12.1 Å². The molecule has 0 radical (unpaired) electrons. The Morgan fingerprint density at radius 2 is 2.09 bits per heavy atom. The molecule has 0 aliphatic carbocycles. The molecule has 0 bridgehead atoms. The second-order valence-electron chi connectivity index (χ2n) is 6.21. The molecule has 2 aromatic rings. The lowest BCUT2D eigenvalue weighted by molar-refractivity contribution is -0.105. The normalized spacial score (nSPS) is 21.9. The molecule has 0 amide bonds. The molecule has 6 nitrogen and oxygen atoms in total. The number of nitrogens with two attached hydrogens (primary N) is 1. The number of rotatable bonds is 4. The fraction of sp³-hybridized carbons (Fsp3) is 0.500. The zero-order valence-corrected chi connectivity index (χ0v) is 13.0. The van der Waals surface area contributed by atoms with Crippen molar-refractivity contribution in [3.8, 4) is 0 Å². The summed E-state index contributed by atoms with van der Waals surface area (Å²) in [6.45, 7) is 6.68. The quantitative estimate of drug-likeness (QED) is 0.929. The largest absolute Gasteiger partial charge is 0.370 e. The maximum absolute atomic E-state index is 6.05. The minimum absolute atomic E-state index is 0.0649. The van der Waals surface area contributed by atoms with Gasteiger partial charge in [0.1, 0.15) is 0 Å². The van der Waals surface area contributed by atoms with Crippen molar-refractivity contribution in [2.75, 3.05) is 13.2 Å². The molecular formula is C16H22N4O2. The summed E-state index contributed by atoms with van der Waals surface area (Å²) in [6.07, 6.45) is 0.0649. The molecule has 1 unspecified atom stereocenters. The van der Waals surface area contributed by atoms with Crippen LogP contribution in [0.5, 0.6) is 0 Å². The molecule has 0 saturated carbocycles. The Hall–Kier alpha value is -1.76. The highest BCUT2D eigenvalue weighted by Gasteiger charge is 2.36. The molecule has 22 heavy (non-hydrogen) atoms. The Bertz CT molecular complexity index is 612. The van der Waals surface area contributed by atoms with E-state index in [0.717, 1.165) is 6.54 Å². The van der Waals surface area contributed by atoms with Gasteiger partial charge in [0.2, 0.25) is 5.89 Å². The summed E-state index contributed by atoms with van der Waals surface area (Å²) in [5.74, 6) is 1.14. The first-order chi connectivity index (χ1) is 10.6. The van der Waals surface area contributed by atoms with Crippen molar-refractivity contribution in [3.05, 3.63) is 47.6 Å². The molecule has 3 rings (SSSR count). The third-order valence-corrected chi connectivity index (χ3v) is 4.07. The van der Waals surface area contributed by atoms with Gasteiger partial charge in [-0.2, -0.15) is 4.98 Å². The Morgan fingerprint density at radius 3 is 2.77 bits per heavy atom. The Balaban J connectivity index is 1.75. The molecule has 0 spiro atoms. The highest BCUT2D eigenvalue weighted by atomic mass is 16.5. The third-order valence-electron chi connectivity index (χ3n) is 4.07. The summed E-state index contributed by atoms with van der Waals surface area (Å²) in [4.78, 5) is 6.63. The van der Waals surface area contributed by atoms with Gasteiger partial charge in [0.05, 0.1) is 25.8 Å². The smallest absolute Gasteiger partial charge is 0.240 e. The first kappa shape index (κ1) is 15.1. The molecule has 1 aliphatic heterocycles. The van der Waals surface area contributed by atoms with Gasteiger partial charge < -0.3 is 15.0 Å².